The van der Waals surface area contributed by atoms with Crippen molar-refractivity contribution in [3.63, 3.8) is 0 Å². The molecule has 0 bridgehead atoms. The minimum Gasteiger partial charge on any atom is -0.393 e. The van der Waals surface area contributed by atoms with Crippen molar-refractivity contribution in [1.29, 1.82) is 0 Å². The molecule has 1 aromatic rings. The first-order chi connectivity index (χ1) is 9.02. The molecule has 1 aliphatic rings. The van der Waals surface area contributed by atoms with Crippen LogP contribution in [-0.2, 0) is 0 Å². The standard InChI is InChI=1S/C15H23ClN2O/c1-10-9-18(7-6-15(10)19)12-4-5-13(11(2)17-3)14(16)8-12/h4-5,8,10-11,15,17,19H,6-7,9H2,1-3H3. The lowest BCUT2D eigenvalue weighted by atomic mass is 9.96. The molecule has 2 N–H and O–H groups in total. The molecule has 0 saturated carbocycles. The maximum absolute atomic E-state index is 9.78. The van der Waals surface area contributed by atoms with Crippen LogP contribution in [0.15, 0.2) is 18.2 Å². The number of aliphatic hydroxyl groups excluding tert-OH is 1. The highest BCUT2D eigenvalue weighted by Crippen LogP contribution is 2.30. The molecule has 4 heteroatoms. The van der Waals surface area contributed by atoms with Crippen LogP contribution in [-0.4, -0.2) is 31.3 Å². The van der Waals surface area contributed by atoms with Gasteiger partial charge in [-0.1, -0.05) is 24.6 Å². The number of benzene rings is 1. The zero-order valence-electron chi connectivity index (χ0n) is 11.9. The van der Waals surface area contributed by atoms with Gasteiger partial charge in [0.15, 0.2) is 0 Å². The van der Waals surface area contributed by atoms with Gasteiger partial charge < -0.3 is 15.3 Å². The van der Waals surface area contributed by atoms with Crippen LogP contribution in [0.5, 0.6) is 0 Å². The van der Waals surface area contributed by atoms with Crippen LogP contribution in [0.1, 0.15) is 31.9 Å². The third-order valence-corrected chi connectivity index (χ3v) is 4.44. The Labute approximate surface area is 120 Å². The van der Waals surface area contributed by atoms with Crippen LogP contribution in [0.3, 0.4) is 0 Å². The fourth-order valence-electron chi connectivity index (χ4n) is 2.59. The van der Waals surface area contributed by atoms with Gasteiger partial charge in [-0.15, -0.1) is 0 Å². The molecule has 0 radical (unpaired) electrons. The zero-order chi connectivity index (χ0) is 14.0. The number of hydrogen-bond acceptors (Lipinski definition) is 3. The van der Waals surface area contributed by atoms with Gasteiger partial charge in [0.25, 0.3) is 0 Å². The molecule has 3 atom stereocenters. The van der Waals surface area contributed by atoms with Crippen molar-refractivity contribution in [2.45, 2.75) is 32.4 Å². The summed E-state index contributed by atoms with van der Waals surface area (Å²) in [6, 6.07) is 6.51. The minimum atomic E-state index is -0.171. The van der Waals surface area contributed by atoms with Crippen molar-refractivity contribution in [3.05, 3.63) is 28.8 Å². The van der Waals surface area contributed by atoms with Gasteiger partial charge in [-0.3, -0.25) is 0 Å². The molecule has 2 rings (SSSR count). The maximum atomic E-state index is 9.78. The van der Waals surface area contributed by atoms with Gasteiger partial charge >= 0.3 is 0 Å². The van der Waals surface area contributed by atoms with E-state index in [1.54, 1.807) is 0 Å². The van der Waals surface area contributed by atoms with Gasteiger partial charge in [0.2, 0.25) is 0 Å². The van der Waals surface area contributed by atoms with E-state index in [4.69, 9.17) is 11.6 Å². The molecule has 1 saturated heterocycles. The van der Waals surface area contributed by atoms with Crippen molar-refractivity contribution >= 4 is 17.3 Å². The molecule has 3 nitrogen and oxygen atoms in total. The predicted molar refractivity (Wildman–Crippen MR) is 80.9 cm³/mol. The van der Waals surface area contributed by atoms with Crippen molar-refractivity contribution in [2.24, 2.45) is 5.92 Å². The van der Waals surface area contributed by atoms with E-state index in [0.717, 1.165) is 35.8 Å². The Kier molecular flexibility index (Phi) is 4.71. The summed E-state index contributed by atoms with van der Waals surface area (Å²) in [6.45, 7) is 5.97. The molecule has 0 spiro atoms. The van der Waals surface area contributed by atoms with E-state index in [1.807, 2.05) is 13.1 Å². The molecule has 1 aliphatic heterocycles. The summed E-state index contributed by atoms with van der Waals surface area (Å²) in [5.41, 5.74) is 2.27. The summed E-state index contributed by atoms with van der Waals surface area (Å²) in [6.07, 6.45) is 0.656. The summed E-state index contributed by atoms with van der Waals surface area (Å²) in [7, 11) is 1.93. The number of anilines is 1. The number of halogens is 1. The molecule has 106 valence electrons. The fraction of sp³-hybridized carbons (Fsp3) is 0.600. The average molecular weight is 283 g/mol. The molecule has 1 heterocycles. The molecular weight excluding hydrogens is 260 g/mol. The first-order valence-corrected chi connectivity index (χ1v) is 7.30. The lowest BCUT2D eigenvalue weighted by molar-refractivity contribution is 0.0971. The number of piperidine rings is 1. The Balaban J connectivity index is 2.16. The minimum absolute atomic E-state index is 0.171. The van der Waals surface area contributed by atoms with Crippen LogP contribution < -0.4 is 10.2 Å². The molecule has 19 heavy (non-hydrogen) atoms. The maximum Gasteiger partial charge on any atom is 0.0599 e. The van der Waals surface area contributed by atoms with Gasteiger partial charge in [0, 0.05) is 29.8 Å². The van der Waals surface area contributed by atoms with E-state index >= 15 is 0 Å². The Bertz CT molecular complexity index is 438. The second-order valence-electron chi connectivity index (χ2n) is 5.50. The van der Waals surface area contributed by atoms with E-state index in [-0.39, 0.29) is 12.1 Å². The lowest BCUT2D eigenvalue weighted by Crippen LogP contribution is -2.41. The van der Waals surface area contributed by atoms with Gasteiger partial charge in [0.1, 0.15) is 0 Å². The topological polar surface area (TPSA) is 35.5 Å². The van der Waals surface area contributed by atoms with E-state index in [0.29, 0.717) is 5.92 Å². The molecular formula is C15H23ClN2O. The number of rotatable bonds is 3. The van der Waals surface area contributed by atoms with Crippen LogP contribution in [0, 0.1) is 5.92 Å². The third-order valence-electron chi connectivity index (χ3n) is 4.11. The Morgan fingerprint density at radius 2 is 2.21 bits per heavy atom. The Hall–Kier alpha value is -0.770. The van der Waals surface area contributed by atoms with E-state index in [9.17, 15) is 5.11 Å². The largest absolute Gasteiger partial charge is 0.393 e. The average Bonchev–Trinajstić information content (AvgIpc) is 2.41. The first-order valence-electron chi connectivity index (χ1n) is 6.92. The highest BCUT2D eigenvalue weighted by Gasteiger charge is 2.24. The monoisotopic (exact) mass is 282 g/mol. The number of nitrogens with zero attached hydrogens (tertiary/aromatic N) is 1. The summed E-state index contributed by atoms with van der Waals surface area (Å²) in [5, 5.41) is 13.8. The third kappa shape index (κ3) is 3.22. The Morgan fingerprint density at radius 1 is 1.47 bits per heavy atom. The highest BCUT2D eigenvalue weighted by atomic mass is 35.5. The molecule has 1 aromatic carbocycles. The lowest BCUT2D eigenvalue weighted by Gasteiger charge is -2.36. The van der Waals surface area contributed by atoms with Crippen molar-refractivity contribution < 1.29 is 5.11 Å². The van der Waals surface area contributed by atoms with Gasteiger partial charge in [-0.25, -0.2) is 0 Å². The zero-order valence-corrected chi connectivity index (χ0v) is 12.6. The molecule has 1 fully saturated rings. The number of nitrogens with one attached hydrogen (secondary N) is 1. The van der Waals surface area contributed by atoms with Crippen LogP contribution in [0.4, 0.5) is 5.69 Å². The van der Waals surface area contributed by atoms with E-state index in [1.165, 1.54) is 0 Å². The summed E-state index contributed by atoms with van der Waals surface area (Å²) >= 11 is 6.37. The second-order valence-corrected chi connectivity index (χ2v) is 5.90. The highest BCUT2D eigenvalue weighted by molar-refractivity contribution is 6.31. The molecule has 3 unspecified atom stereocenters. The van der Waals surface area contributed by atoms with E-state index in [2.05, 4.69) is 36.2 Å². The quantitative estimate of drug-likeness (QED) is 0.895. The Morgan fingerprint density at radius 3 is 2.79 bits per heavy atom. The molecule has 0 amide bonds. The van der Waals surface area contributed by atoms with Gasteiger partial charge in [-0.05, 0) is 44.0 Å². The van der Waals surface area contributed by atoms with Gasteiger partial charge in [0.05, 0.1) is 6.10 Å². The van der Waals surface area contributed by atoms with Gasteiger partial charge in [-0.2, -0.15) is 0 Å². The summed E-state index contributed by atoms with van der Waals surface area (Å²) < 4.78 is 0. The summed E-state index contributed by atoms with van der Waals surface area (Å²) in [4.78, 5) is 2.30. The fourth-order valence-corrected chi connectivity index (χ4v) is 2.93. The normalized spacial score (nSPS) is 25.4. The SMILES string of the molecule is CNC(C)c1ccc(N2CCC(O)C(C)C2)cc1Cl. The molecule has 0 aliphatic carbocycles. The van der Waals surface area contributed by atoms with Crippen LogP contribution in [0.2, 0.25) is 5.02 Å². The second kappa shape index (κ2) is 6.12. The predicted octanol–water partition coefficient (Wildman–Crippen LogP) is 2.83. The van der Waals surface area contributed by atoms with E-state index < -0.39 is 0 Å². The first kappa shape index (κ1) is 14.6. The van der Waals surface area contributed by atoms with Crippen molar-refractivity contribution in [3.8, 4) is 0 Å². The van der Waals surface area contributed by atoms with Crippen molar-refractivity contribution in [1.82, 2.24) is 5.32 Å². The molecule has 0 aromatic heterocycles. The number of hydrogen-bond donors (Lipinski definition) is 2. The number of aliphatic hydroxyl groups is 1. The smallest absolute Gasteiger partial charge is 0.0599 e. The van der Waals surface area contributed by atoms with Crippen molar-refractivity contribution in [2.75, 3.05) is 25.0 Å². The van der Waals surface area contributed by atoms with Crippen LogP contribution >= 0.6 is 11.6 Å². The summed E-state index contributed by atoms with van der Waals surface area (Å²) in [5.74, 6) is 0.309. The van der Waals surface area contributed by atoms with Crippen LogP contribution in [0.25, 0.3) is 0 Å².